The predicted octanol–water partition coefficient (Wildman–Crippen LogP) is 3.10. The molecule has 0 aliphatic carbocycles. The van der Waals surface area contributed by atoms with Gasteiger partial charge in [0.1, 0.15) is 6.33 Å². The van der Waals surface area contributed by atoms with Crippen LogP contribution in [0.4, 0.5) is 0 Å². The molecule has 0 aliphatic rings. The summed E-state index contributed by atoms with van der Waals surface area (Å²) in [6, 6.07) is 8.54. The fourth-order valence-corrected chi connectivity index (χ4v) is 1.70. The smallest absolute Gasteiger partial charge is 0.225 e. The molecule has 2 rings (SSSR count). The minimum absolute atomic E-state index is 0.424. The number of rotatable bonds is 3. The molecule has 16 heavy (non-hydrogen) atoms. The molecule has 3 nitrogen and oxygen atoms in total. The van der Waals surface area contributed by atoms with Gasteiger partial charge >= 0.3 is 0 Å². The molecular weight excluding hydrogens is 222 g/mol. The van der Waals surface area contributed by atoms with E-state index in [1.807, 2.05) is 4.57 Å². The van der Waals surface area contributed by atoms with Gasteiger partial charge in [-0.2, -0.15) is 0 Å². The van der Waals surface area contributed by atoms with Gasteiger partial charge in [-0.05, 0) is 28.6 Å². The first-order valence-electron chi connectivity index (χ1n) is 5.29. The third-order valence-electron chi connectivity index (χ3n) is 2.57. The summed E-state index contributed by atoms with van der Waals surface area (Å²) in [5.41, 5.74) is 2.55. The van der Waals surface area contributed by atoms with Crippen molar-refractivity contribution in [1.82, 2.24) is 14.8 Å². The second kappa shape index (κ2) is 4.66. The van der Waals surface area contributed by atoms with Gasteiger partial charge in [0.15, 0.2) is 0 Å². The minimum Gasteiger partial charge on any atom is -0.300 e. The first-order valence-corrected chi connectivity index (χ1v) is 5.67. The number of nitrogens with zero attached hydrogens (tertiary/aromatic N) is 3. The molecule has 0 saturated heterocycles. The molecule has 0 N–H and O–H groups in total. The maximum absolute atomic E-state index is 5.86. The molecule has 1 heterocycles. The van der Waals surface area contributed by atoms with Crippen LogP contribution in [0.1, 0.15) is 30.9 Å². The van der Waals surface area contributed by atoms with Crippen molar-refractivity contribution in [2.24, 2.45) is 0 Å². The van der Waals surface area contributed by atoms with Crippen LogP contribution in [-0.2, 0) is 6.54 Å². The van der Waals surface area contributed by atoms with Gasteiger partial charge in [0.2, 0.25) is 5.28 Å². The third kappa shape index (κ3) is 2.42. The van der Waals surface area contributed by atoms with Crippen molar-refractivity contribution in [3.8, 4) is 0 Å². The lowest BCUT2D eigenvalue weighted by Crippen LogP contribution is -1.98. The van der Waals surface area contributed by atoms with Crippen molar-refractivity contribution in [2.75, 3.05) is 0 Å². The Kier molecular flexibility index (Phi) is 3.25. The van der Waals surface area contributed by atoms with Crippen molar-refractivity contribution in [3.05, 3.63) is 47.0 Å². The van der Waals surface area contributed by atoms with Crippen LogP contribution in [0.5, 0.6) is 0 Å². The van der Waals surface area contributed by atoms with Crippen LogP contribution in [0.25, 0.3) is 0 Å². The summed E-state index contributed by atoms with van der Waals surface area (Å²) in [7, 11) is 0. The third-order valence-corrected chi connectivity index (χ3v) is 2.86. The standard InChI is InChI=1S/C12H14ClN3/c1-9(2)11-5-3-10(4-6-11)7-16-8-14-15-12(16)13/h3-6,8-9H,7H2,1-2H3. The molecule has 0 saturated carbocycles. The minimum atomic E-state index is 0.424. The summed E-state index contributed by atoms with van der Waals surface area (Å²) < 4.78 is 1.81. The van der Waals surface area contributed by atoms with Gasteiger partial charge in [-0.25, -0.2) is 0 Å². The summed E-state index contributed by atoms with van der Waals surface area (Å²) in [6.45, 7) is 5.08. The molecule has 2 aromatic rings. The van der Waals surface area contributed by atoms with Gasteiger partial charge in [-0.1, -0.05) is 38.1 Å². The average Bonchev–Trinajstić information content (AvgIpc) is 2.65. The molecule has 1 aromatic carbocycles. The van der Waals surface area contributed by atoms with E-state index in [2.05, 4.69) is 48.3 Å². The summed E-state index contributed by atoms with van der Waals surface area (Å²) in [5.74, 6) is 0.563. The van der Waals surface area contributed by atoms with Crippen LogP contribution in [0.2, 0.25) is 5.28 Å². The van der Waals surface area contributed by atoms with E-state index >= 15 is 0 Å². The van der Waals surface area contributed by atoms with Gasteiger partial charge in [0, 0.05) is 0 Å². The summed E-state index contributed by atoms with van der Waals surface area (Å²) in [6.07, 6.45) is 1.64. The summed E-state index contributed by atoms with van der Waals surface area (Å²) in [4.78, 5) is 0. The molecule has 0 bridgehead atoms. The van der Waals surface area contributed by atoms with E-state index in [4.69, 9.17) is 11.6 Å². The molecule has 0 fully saturated rings. The average molecular weight is 236 g/mol. The maximum Gasteiger partial charge on any atom is 0.225 e. The molecule has 0 radical (unpaired) electrons. The van der Waals surface area contributed by atoms with Crippen molar-refractivity contribution in [1.29, 1.82) is 0 Å². The van der Waals surface area contributed by atoms with Gasteiger partial charge in [-0.15, -0.1) is 10.2 Å². The lowest BCUT2D eigenvalue weighted by molar-refractivity contribution is 0.792. The van der Waals surface area contributed by atoms with E-state index < -0.39 is 0 Å². The summed E-state index contributed by atoms with van der Waals surface area (Å²) in [5, 5.41) is 7.91. The lowest BCUT2D eigenvalue weighted by Gasteiger charge is -2.07. The Bertz CT molecular complexity index is 459. The van der Waals surface area contributed by atoms with Crippen molar-refractivity contribution in [2.45, 2.75) is 26.3 Å². The van der Waals surface area contributed by atoms with Gasteiger partial charge in [0.25, 0.3) is 0 Å². The van der Waals surface area contributed by atoms with Crippen molar-refractivity contribution >= 4 is 11.6 Å². The Morgan fingerprint density at radius 2 is 1.94 bits per heavy atom. The van der Waals surface area contributed by atoms with E-state index in [-0.39, 0.29) is 0 Å². The zero-order chi connectivity index (χ0) is 11.5. The number of aromatic nitrogens is 3. The van der Waals surface area contributed by atoms with Crippen LogP contribution in [0, 0.1) is 0 Å². The van der Waals surface area contributed by atoms with Gasteiger partial charge in [-0.3, -0.25) is 4.57 Å². The highest BCUT2D eigenvalue weighted by molar-refractivity contribution is 6.28. The Balaban J connectivity index is 2.14. The fraction of sp³-hybridized carbons (Fsp3) is 0.333. The molecule has 4 heteroatoms. The van der Waals surface area contributed by atoms with E-state index in [1.165, 1.54) is 11.1 Å². The SMILES string of the molecule is CC(C)c1ccc(Cn2cnnc2Cl)cc1. The molecule has 0 spiro atoms. The normalized spacial score (nSPS) is 11.0. The first kappa shape index (κ1) is 11.1. The maximum atomic E-state index is 5.86. The molecule has 0 atom stereocenters. The van der Waals surface area contributed by atoms with Gasteiger partial charge in [0.05, 0.1) is 6.54 Å². The van der Waals surface area contributed by atoms with E-state index in [1.54, 1.807) is 6.33 Å². The number of hydrogen-bond acceptors (Lipinski definition) is 2. The highest BCUT2D eigenvalue weighted by Gasteiger charge is 2.02. The number of hydrogen-bond donors (Lipinski definition) is 0. The topological polar surface area (TPSA) is 30.7 Å². The molecular formula is C12H14ClN3. The van der Waals surface area contributed by atoms with Crippen LogP contribution < -0.4 is 0 Å². The largest absolute Gasteiger partial charge is 0.300 e. The predicted molar refractivity (Wildman–Crippen MR) is 64.7 cm³/mol. The Hall–Kier alpha value is -1.35. The fourth-order valence-electron chi connectivity index (χ4n) is 1.55. The number of halogens is 1. The van der Waals surface area contributed by atoms with Crippen LogP contribution >= 0.6 is 11.6 Å². The summed E-state index contributed by atoms with van der Waals surface area (Å²) >= 11 is 5.86. The highest BCUT2D eigenvalue weighted by atomic mass is 35.5. The first-order chi connectivity index (χ1) is 7.66. The lowest BCUT2D eigenvalue weighted by atomic mass is 10.0. The molecule has 84 valence electrons. The molecule has 0 amide bonds. The Morgan fingerprint density at radius 3 is 2.44 bits per heavy atom. The van der Waals surface area contributed by atoms with Crippen LogP contribution in [0.3, 0.4) is 0 Å². The second-order valence-corrected chi connectivity index (χ2v) is 4.46. The monoisotopic (exact) mass is 235 g/mol. The van der Waals surface area contributed by atoms with Crippen molar-refractivity contribution in [3.63, 3.8) is 0 Å². The van der Waals surface area contributed by atoms with Gasteiger partial charge < -0.3 is 0 Å². The molecule has 0 unspecified atom stereocenters. The Labute approximate surface area is 100 Å². The zero-order valence-corrected chi connectivity index (χ0v) is 10.1. The highest BCUT2D eigenvalue weighted by Crippen LogP contribution is 2.15. The quantitative estimate of drug-likeness (QED) is 0.819. The van der Waals surface area contributed by atoms with Crippen LogP contribution in [-0.4, -0.2) is 14.8 Å². The van der Waals surface area contributed by atoms with E-state index in [0.29, 0.717) is 17.7 Å². The Morgan fingerprint density at radius 1 is 1.25 bits per heavy atom. The van der Waals surface area contributed by atoms with Crippen LogP contribution in [0.15, 0.2) is 30.6 Å². The zero-order valence-electron chi connectivity index (χ0n) is 9.39. The van der Waals surface area contributed by atoms with E-state index in [0.717, 1.165) is 0 Å². The second-order valence-electron chi connectivity index (χ2n) is 4.12. The number of benzene rings is 1. The van der Waals surface area contributed by atoms with E-state index in [9.17, 15) is 0 Å². The molecule has 1 aromatic heterocycles. The van der Waals surface area contributed by atoms with Crippen molar-refractivity contribution < 1.29 is 0 Å². The molecule has 0 aliphatic heterocycles.